The highest BCUT2D eigenvalue weighted by molar-refractivity contribution is 4.27. The average Bonchev–Trinajstić information content (AvgIpc) is 2.21. The zero-order chi connectivity index (χ0) is 11.1. The summed E-state index contributed by atoms with van der Waals surface area (Å²) in [6.07, 6.45) is 3.89. The molecule has 0 aromatic carbocycles. The van der Waals surface area contributed by atoms with Crippen molar-refractivity contribution in [3.8, 4) is 0 Å². The summed E-state index contributed by atoms with van der Waals surface area (Å²) >= 11 is 0. The number of nitrogens with zero attached hydrogens (tertiary/aromatic N) is 2. The molecular weight excluding hydrogens is 188 g/mol. The van der Waals surface area contributed by atoms with E-state index in [0.29, 0.717) is 13.2 Å². The Kier molecular flexibility index (Phi) is 19.4. The monoisotopic (exact) mass is 206 g/mol. The molecule has 6 nitrogen and oxygen atoms in total. The van der Waals surface area contributed by atoms with Gasteiger partial charge in [0.1, 0.15) is 13.2 Å². The van der Waals surface area contributed by atoms with E-state index in [4.69, 9.17) is 0 Å². The van der Waals surface area contributed by atoms with E-state index in [-0.39, 0.29) is 0 Å². The van der Waals surface area contributed by atoms with Crippen LogP contribution in [0.2, 0.25) is 0 Å². The first-order valence-corrected chi connectivity index (χ1v) is 4.72. The Morgan fingerprint density at radius 3 is 1.43 bits per heavy atom. The highest BCUT2D eigenvalue weighted by atomic mass is 16.7. The predicted octanol–water partition coefficient (Wildman–Crippen LogP) is 2.97. The molecule has 0 bridgehead atoms. The van der Waals surface area contributed by atoms with Crippen molar-refractivity contribution in [2.75, 3.05) is 13.2 Å². The lowest BCUT2D eigenvalue weighted by Crippen LogP contribution is -1.83. The lowest BCUT2D eigenvalue weighted by atomic mass is 10.4. The number of rotatable bonds is 8. The van der Waals surface area contributed by atoms with Crippen molar-refractivity contribution in [1.29, 1.82) is 0 Å². The van der Waals surface area contributed by atoms with Gasteiger partial charge in [0, 0.05) is 0 Å². The van der Waals surface area contributed by atoms with Crippen LogP contribution in [0.4, 0.5) is 0 Å². The molecule has 0 unspecified atom stereocenters. The molecule has 0 rings (SSSR count). The van der Waals surface area contributed by atoms with Crippen molar-refractivity contribution < 1.29 is 9.68 Å². The lowest BCUT2D eigenvalue weighted by Gasteiger charge is -1.88. The number of unbranched alkanes of at least 4 members (excludes halogenated alkanes) is 2. The fraction of sp³-hybridized carbons (Fsp3) is 1.00. The first-order valence-electron chi connectivity index (χ1n) is 4.72. The van der Waals surface area contributed by atoms with Crippen molar-refractivity contribution in [1.82, 2.24) is 0 Å². The van der Waals surface area contributed by atoms with Gasteiger partial charge >= 0.3 is 0 Å². The third kappa shape index (κ3) is 22.4. The van der Waals surface area contributed by atoms with Crippen LogP contribution in [0.1, 0.15) is 39.5 Å². The minimum atomic E-state index is 0.458. The quantitative estimate of drug-likeness (QED) is 0.347. The Morgan fingerprint density at radius 1 is 0.857 bits per heavy atom. The molecule has 0 atom stereocenters. The minimum absolute atomic E-state index is 0.458. The summed E-state index contributed by atoms with van der Waals surface area (Å²) in [7, 11) is 0. The van der Waals surface area contributed by atoms with Crippen LogP contribution in [0, 0.1) is 9.81 Å². The summed E-state index contributed by atoms with van der Waals surface area (Å²) in [6, 6.07) is 0. The van der Waals surface area contributed by atoms with Crippen molar-refractivity contribution in [2.24, 2.45) is 10.7 Å². The third-order valence-electron chi connectivity index (χ3n) is 1.28. The molecule has 84 valence electrons. The van der Waals surface area contributed by atoms with E-state index in [0.717, 1.165) is 25.7 Å². The van der Waals surface area contributed by atoms with Gasteiger partial charge in [-0.2, -0.15) is 0 Å². The molecule has 0 heterocycles. The molecule has 0 radical (unpaired) electrons. The van der Waals surface area contributed by atoms with Crippen LogP contribution in [0.25, 0.3) is 0 Å². The first kappa shape index (κ1) is 15.3. The van der Waals surface area contributed by atoms with Gasteiger partial charge < -0.3 is 9.68 Å². The Labute approximate surface area is 83.8 Å². The second-order valence-corrected chi connectivity index (χ2v) is 2.52. The Morgan fingerprint density at radius 2 is 1.21 bits per heavy atom. The Balaban J connectivity index is 0. The maximum Gasteiger partial charge on any atom is 0.155 e. The van der Waals surface area contributed by atoms with Crippen LogP contribution >= 0.6 is 0 Å². The van der Waals surface area contributed by atoms with Crippen LogP contribution in [0.15, 0.2) is 10.7 Å². The second-order valence-electron chi connectivity index (χ2n) is 2.52. The van der Waals surface area contributed by atoms with E-state index < -0.39 is 0 Å². The van der Waals surface area contributed by atoms with Crippen LogP contribution in [-0.2, 0) is 9.68 Å². The van der Waals surface area contributed by atoms with Gasteiger partial charge in [0.25, 0.3) is 0 Å². The first-order chi connectivity index (χ1) is 6.83. The Bertz CT molecular complexity index is 108. The normalized spacial score (nSPS) is 8.14. The van der Waals surface area contributed by atoms with Crippen LogP contribution in [0.5, 0.6) is 0 Å². The summed E-state index contributed by atoms with van der Waals surface area (Å²) in [6.45, 7) is 4.96. The van der Waals surface area contributed by atoms with Crippen molar-refractivity contribution in [3.63, 3.8) is 0 Å². The zero-order valence-corrected chi connectivity index (χ0v) is 8.77. The molecule has 0 amide bonds. The number of hydrogen-bond acceptors (Lipinski definition) is 6. The molecule has 0 aliphatic carbocycles. The van der Waals surface area contributed by atoms with E-state index >= 15 is 0 Å². The molecule has 6 heteroatoms. The second kappa shape index (κ2) is 17.8. The van der Waals surface area contributed by atoms with E-state index in [2.05, 4.69) is 20.4 Å². The molecule has 0 spiro atoms. The van der Waals surface area contributed by atoms with E-state index in [9.17, 15) is 9.81 Å². The van der Waals surface area contributed by atoms with E-state index in [1.54, 1.807) is 0 Å². The molecule has 0 aliphatic heterocycles. The lowest BCUT2D eigenvalue weighted by molar-refractivity contribution is 0.136. The van der Waals surface area contributed by atoms with Gasteiger partial charge in [0.05, 0.1) is 0 Å². The predicted molar refractivity (Wildman–Crippen MR) is 53.3 cm³/mol. The molecule has 14 heavy (non-hydrogen) atoms. The van der Waals surface area contributed by atoms with Gasteiger partial charge in [-0.25, -0.2) is 0 Å². The van der Waals surface area contributed by atoms with Crippen LogP contribution in [-0.4, -0.2) is 13.2 Å². The molecule has 0 N–H and O–H groups in total. The maximum atomic E-state index is 9.21. The minimum Gasteiger partial charge on any atom is -0.364 e. The topological polar surface area (TPSA) is 77.3 Å². The summed E-state index contributed by atoms with van der Waals surface area (Å²) < 4.78 is 0. The van der Waals surface area contributed by atoms with Gasteiger partial charge in [-0.1, -0.05) is 26.7 Å². The zero-order valence-electron chi connectivity index (χ0n) is 8.77. The molecule has 0 fully saturated rings. The van der Waals surface area contributed by atoms with Gasteiger partial charge in [0.15, 0.2) is 10.7 Å². The fourth-order valence-electron chi connectivity index (χ4n) is 0.492. The Hall–Kier alpha value is -1.20. The number of hydrogen-bond donors (Lipinski definition) is 0. The average molecular weight is 206 g/mol. The molecule has 0 aliphatic rings. The summed E-state index contributed by atoms with van der Waals surface area (Å²) in [5.74, 6) is 0. The third-order valence-corrected chi connectivity index (χ3v) is 1.28. The van der Waals surface area contributed by atoms with Crippen LogP contribution < -0.4 is 0 Å². The van der Waals surface area contributed by atoms with E-state index in [1.165, 1.54) is 0 Å². The van der Waals surface area contributed by atoms with Gasteiger partial charge in [0.2, 0.25) is 0 Å². The van der Waals surface area contributed by atoms with Crippen molar-refractivity contribution in [3.05, 3.63) is 9.81 Å². The summed E-state index contributed by atoms with van der Waals surface area (Å²) in [4.78, 5) is 26.7. The molecular formula is C8H18N2O4. The largest absolute Gasteiger partial charge is 0.364 e. The highest BCUT2D eigenvalue weighted by Gasteiger charge is 1.80. The highest BCUT2D eigenvalue weighted by Crippen LogP contribution is 1.86. The smallest absolute Gasteiger partial charge is 0.155 e. The van der Waals surface area contributed by atoms with Crippen molar-refractivity contribution >= 4 is 0 Å². The summed E-state index contributed by atoms with van der Waals surface area (Å²) in [5, 5.41) is 4.45. The molecule has 0 saturated heterocycles. The fourth-order valence-corrected chi connectivity index (χ4v) is 0.492. The van der Waals surface area contributed by atoms with Gasteiger partial charge in [-0.15, -0.1) is 9.81 Å². The van der Waals surface area contributed by atoms with E-state index in [1.807, 2.05) is 13.8 Å². The standard InChI is InChI=1S/2C4H9NO2/c2*1-2-3-4-7-5-6/h2*2-4H2,1H3. The molecule has 0 aromatic rings. The molecule has 0 saturated carbocycles. The molecule has 0 aromatic heterocycles. The van der Waals surface area contributed by atoms with Crippen LogP contribution in [0.3, 0.4) is 0 Å². The summed E-state index contributed by atoms with van der Waals surface area (Å²) in [5.41, 5.74) is 0. The maximum absolute atomic E-state index is 9.21. The van der Waals surface area contributed by atoms with Gasteiger partial charge in [-0.05, 0) is 12.8 Å². The van der Waals surface area contributed by atoms with Gasteiger partial charge in [-0.3, -0.25) is 0 Å². The van der Waals surface area contributed by atoms with Crippen molar-refractivity contribution in [2.45, 2.75) is 39.5 Å². The SMILES string of the molecule is CCCCON=O.CCCCON=O.